The Bertz CT molecular complexity index is 599. The summed E-state index contributed by atoms with van der Waals surface area (Å²) in [5.41, 5.74) is 0.414. The number of aromatic nitrogens is 2. The fourth-order valence-corrected chi connectivity index (χ4v) is 1.64. The van der Waals surface area contributed by atoms with Gasteiger partial charge < -0.3 is 4.40 Å². The zero-order valence-electron chi connectivity index (χ0n) is 9.17. The molecule has 0 amide bonds. The minimum atomic E-state index is -4.90. The molecular formula is C11H9F3N2O. The first-order chi connectivity index (χ1) is 7.80. The highest BCUT2D eigenvalue weighted by molar-refractivity contribution is 6.04. The average Bonchev–Trinajstić information content (AvgIpc) is 2.53. The predicted molar refractivity (Wildman–Crippen MR) is 55.1 cm³/mol. The second kappa shape index (κ2) is 3.58. The average molecular weight is 242 g/mol. The van der Waals surface area contributed by atoms with Gasteiger partial charge in [0, 0.05) is 6.20 Å². The van der Waals surface area contributed by atoms with E-state index >= 15 is 0 Å². The van der Waals surface area contributed by atoms with Gasteiger partial charge in [-0.15, -0.1) is 0 Å². The highest BCUT2D eigenvalue weighted by atomic mass is 19.4. The first-order valence-electron chi connectivity index (χ1n) is 4.87. The minimum Gasteiger partial charge on any atom is -0.303 e. The lowest BCUT2D eigenvalue weighted by molar-refractivity contribution is -0.0887. The number of carbonyl (C=O) groups excluding carboxylic acids is 1. The van der Waals surface area contributed by atoms with Crippen molar-refractivity contribution < 1.29 is 18.0 Å². The second-order valence-corrected chi connectivity index (χ2v) is 3.79. The summed E-state index contributed by atoms with van der Waals surface area (Å²) >= 11 is 0. The fraction of sp³-hybridized carbons (Fsp3) is 0.273. The van der Waals surface area contributed by atoms with E-state index in [4.69, 9.17) is 0 Å². The van der Waals surface area contributed by atoms with E-state index in [1.807, 2.05) is 0 Å². The molecule has 0 radical (unpaired) electrons. The Morgan fingerprint density at radius 1 is 1.35 bits per heavy atom. The molecule has 2 rings (SSSR count). The van der Waals surface area contributed by atoms with Gasteiger partial charge in [0.25, 0.3) is 5.78 Å². The molecule has 6 heteroatoms. The van der Waals surface area contributed by atoms with Crippen LogP contribution in [0.25, 0.3) is 5.52 Å². The van der Waals surface area contributed by atoms with Crippen molar-refractivity contribution >= 4 is 11.3 Å². The lowest BCUT2D eigenvalue weighted by atomic mass is 10.2. The SMILES string of the molecule is Cc1ccn2c(C)nc(C(=O)C(F)(F)F)c2c1. The molecule has 0 bridgehead atoms. The van der Waals surface area contributed by atoms with Gasteiger partial charge in [-0.1, -0.05) is 0 Å². The maximum absolute atomic E-state index is 12.4. The molecule has 0 N–H and O–H groups in total. The number of hydrogen-bond donors (Lipinski definition) is 0. The lowest BCUT2D eigenvalue weighted by Gasteiger charge is -2.03. The van der Waals surface area contributed by atoms with E-state index in [0.717, 1.165) is 5.56 Å². The number of aryl methyl sites for hydroxylation is 2. The summed E-state index contributed by atoms with van der Waals surface area (Å²) in [6.07, 6.45) is -3.30. The molecule has 2 heterocycles. The molecule has 17 heavy (non-hydrogen) atoms. The molecular weight excluding hydrogens is 233 g/mol. The zero-order chi connectivity index (χ0) is 12.8. The number of alkyl halides is 3. The highest BCUT2D eigenvalue weighted by Crippen LogP contribution is 2.24. The third-order valence-electron chi connectivity index (χ3n) is 2.45. The van der Waals surface area contributed by atoms with Crippen molar-refractivity contribution in [3.63, 3.8) is 0 Å². The van der Waals surface area contributed by atoms with Crippen LogP contribution in [-0.4, -0.2) is 21.3 Å². The van der Waals surface area contributed by atoms with Crippen molar-refractivity contribution in [1.29, 1.82) is 0 Å². The van der Waals surface area contributed by atoms with Gasteiger partial charge in [-0.25, -0.2) is 4.98 Å². The molecule has 0 atom stereocenters. The Balaban J connectivity index is 2.70. The number of carbonyl (C=O) groups is 1. The molecule has 0 fully saturated rings. The van der Waals surface area contributed by atoms with Gasteiger partial charge in [0.2, 0.25) is 0 Å². The normalized spacial score (nSPS) is 12.1. The van der Waals surface area contributed by atoms with Gasteiger partial charge in [-0.2, -0.15) is 13.2 Å². The van der Waals surface area contributed by atoms with Gasteiger partial charge in [0.1, 0.15) is 11.5 Å². The number of imidazole rings is 1. The molecule has 0 aliphatic carbocycles. The molecule has 0 saturated heterocycles. The van der Waals surface area contributed by atoms with Crippen LogP contribution >= 0.6 is 0 Å². The minimum absolute atomic E-state index is 0.185. The number of pyridine rings is 1. The molecule has 0 aliphatic heterocycles. The van der Waals surface area contributed by atoms with Gasteiger partial charge in [-0.3, -0.25) is 4.79 Å². The van der Waals surface area contributed by atoms with E-state index < -0.39 is 17.7 Å². The summed E-state index contributed by atoms with van der Waals surface area (Å²) in [5.74, 6) is -1.55. The lowest BCUT2D eigenvalue weighted by Crippen LogP contribution is -2.23. The molecule has 3 nitrogen and oxygen atoms in total. The summed E-state index contributed by atoms with van der Waals surface area (Å²) in [6, 6.07) is 3.25. The number of fused-ring (bicyclic) bond motifs is 1. The van der Waals surface area contributed by atoms with Crippen LogP contribution in [0.5, 0.6) is 0 Å². The van der Waals surface area contributed by atoms with Crippen molar-refractivity contribution in [2.75, 3.05) is 0 Å². The van der Waals surface area contributed by atoms with Gasteiger partial charge in [0.15, 0.2) is 0 Å². The van der Waals surface area contributed by atoms with Crippen LogP contribution in [0, 0.1) is 13.8 Å². The third-order valence-corrected chi connectivity index (χ3v) is 2.45. The fourth-order valence-electron chi connectivity index (χ4n) is 1.64. The van der Waals surface area contributed by atoms with E-state index in [9.17, 15) is 18.0 Å². The van der Waals surface area contributed by atoms with E-state index in [2.05, 4.69) is 4.98 Å². The molecule has 0 aliphatic rings. The Kier molecular flexibility index (Phi) is 2.45. The van der Waals surface area contributed by atoms with Crippen LogP contribution in [-0.2, 0) is 0 Å². The quantitative estimate of drug-likeness (QED) is 0.720. The van der Waals surface area contributed by atoms with Crippen molar-refractivity contribution in [2.24, 2.45) is 0 Å². The molecule has 0 spiro atoms. The number of hydrogen-bond acceptors (Lipinski definition) is 2. The topological polar surface area (TPSA) is 34.4 Å². The standard InChI is InChI=1S/C11H9F3N2O/c1-6-3-4-16-7(2)15-9(8(16)5-6)10(17)11(12,13)14/h3-5H,1-2H3. The van der Waals surface area contributed by atoms with Crippen LogP contribution in [0.1, 0.15) is 21.9 Å². The number of rotatable bonds is 1. The number of nitrogens with zero attached hydrogens (tertiary/aromatic N) is 2. The van der Waals surface area contributed by atoms with Gasteiger partial charge in [0.05, 0.1) is 5.52 Å². The Hall–Kier alpha value is -1.85. The summed E-state index contributed by atoms with van der Waals surface area (Å²) < 4.78 is 38.6. The zero-order valence-corrected chi connectivity index (χ0v) is 9.17. The van der Waals surface area contributed by atoms with Crippen LogP contribution in [0.2, 0.25) is 0 Å². The number of Topliss-reactive ketones (excluding diaryl/α,β-unsaturated/α-hetero) is 1. The summed E-state index contributed by atoms with van der Waals surface area (Å²) in [7, 11) is 0. The molecule has 2 aromatic heterocycles. The summed E-state index contributed by atoms with van der Waals surface area (Å²) in [5, 5.41) is 0. The first-order valence-corrected chi connectivity index (χ1v) is 4.87. The molecule has 0 unspecified atom stereocenters. The van der Waals surface area contributed by atoms with Crippen LogP contribution < -0.4 is 0 Å². The molecule has 0 saturated carbocycles. The molecule has 90 valence electrons. The maximum atomic E-state index is 12.4. The first kappa shape index (κ1) is 11.6. The Labute approximate surface area is 94.9 Å². The Morgan fingerprint density at radius 3 is 2.59 bits per heavy atom. The van der Waals surface area contributed by atoms with Crippen molar-refractivity contribution in [1.82, 2.24) is 9.38 Å². The summed E-state index contributed by atoms with van der Waals surface area (Å²) in [4.78, 5) is 14.9. The highest BCUT2D eigenvalue weighted by Gasteiger charge is 2.41. The monoisotopic (exact) mass is 242 g/mol. The molecule has 2 aromatic rings. The van der Waals surface area contributed by atoms with Crippen LogP contribution in [0.15, 0.2) is 18.3 Å². The largest absolute Gasteiger partial charge is 0.456 e. The predicted octanol–water partition coefficient (Wildman–Crippen LogP) is 2.70. The van der Waals surface area contributed by atoms with E-state index in [-0.39, 0.29) is 5.52 Å². The number of halogens is 3. The van der Waals surface area contributed by atoms with E-state index in [1.165, 1.54) is 10.5 Å². The Morgan fingerprint density at radius 2 is 2.00 bits per heavy atom. The van der Waals surface area contributed by atoms with Crippen LogP contribution in [0.4, 0.5) is 13.2 Å². The second-order valence-electron chi connectivity index (χ2n) is 3.79. The van der Waals surface area contributed by atoms with Crippen LogP contribution in [0.3, 0.4) is 0 Å². The third kappa shape index (κ3) is 1.90. The van der Waals surface area contributed by atoms with Crippen molar-refractivity contribution in [3.05, 3.63) is 35.4 Å². The smallest absolute Gasteiger partial charge is 0.303 e. The number of ketones is 1. The maximum Gasteiger partial charge on any atom is 0.456 e. The van der Waals surface area contributed by atoms with Gasteiger partial charge >= 0.3 is 6.18 Å². The van der Waals surface area contributed by atoms with E-state index in [1.54, 1.807) is 26.1 Å². The summed E-state index contributed by atoms with van der Waals surface area (Å²) in [6.45, 7) is 3.29. The van der Waals surface area contributed by atoms with E-state index in [0.29, 0.717) is 5.82 Å². The van der Waals surface area contributed by atoms with Gasteiger partial charge in [-0.05, 0) is 31.5 Å². The van der Waals surface area contributed by atoms with Crippen molar-refractivity contribution in [3.8, 4) is 0 Å². The molecule has 0 aromatic carbocycles. The van der Waals surface area contributed by atoms with Crippen molar-refractivity contribution in [2.45, 2.75) is 20.0 Å².